The average Bonchev–Trinajstić information content (AvgIpc) is 2.92. The van der Waals surface area contributed by atoms with E-state index in [1.54, 1.807) is 6.20 Å². The van der Waals surface area contributed by atoms with Crippen molar-refractivity contribution in [2.24, 2.45) is 0 Å². The maximum Gasteiger partial charge on any atom is 0.213 e. The molecule has 6 heteroatoms. The normalized spacial score (nSPS) is 23.6. The number of pyridine rings is 1. The van der Waals surface area contributed by atoms with Crippen molar-refractivity contribution >= 4 is 0 Å². The Morgan fingerprint density at radius 3 is 3.04 bits per heavy atom. The Labute approximate surface area is 135 Å². The largest absolute Gasteiger partial charge is 0.474 e. The van der Waals surface area contributed by atoms with Crippen molar-refractivity contribution in [1.82, 2.24) is 15.0 Å². The highest BCUT2D eigenvalue weighted by molar-refractivity contribution is 5.11. The molecule has 0 aromatic carbocycles. The van der Waals surface area contributed by atoms with E-state index < -0.39 is 0 Å². The molecule has 0 radical (unpaired) electrons. The van der Waals surface area contributed by atoms with E-state index in [-0.39, 0.29) is 11.7 Å². The molecule has 0 aliphatic carbocycles. The summed E-state index contributed by atoms with van der Waals surface area (Å²) >= 11 is 0. The fourth-order valence-electron chi connectivity index (χ4n) is 3.49. The lowest BCUT2D eigenvalue weighted by Crippen LogP contribution is -2.65. The fraction of sp³-hybridized carbons (Fsp3) is 0.529. The first kappa shape index (κ1) is 14.7. The smallest absolute Gasteiger partial charge is 0.213 e. The molecule has 23 heavy (non-hydrogen) atoms. The van der Waals surface area contributed by atoms with E-state index in [9.17, 15) is 0 Å². The average molecular weight is 315 g/mol. The highest BCUT2D eigenvalue weighted by Gasteiger charge is 2.48. The van der Waals surface area contributed by atoms with Crippen LogP contribution in [0.2, 0.25) is 0 Å². The minimum Gasteiger partial charge on any atom is -0.474 e. The van der Waals surface area contributed by atoms with Crippen LogP contribution in [-0.2, 0) is 11.3 Å². The summed E-state index contributed by atoms with van der Waals surface area (Å²) < 4.78 is 17.2. The lowest BCUT2D eigenvalue weighted by atomic mass is 9.84. The summed E-state index contributed by atoms with van der Waals surface area (Å²) in [5, 5.41) is 4.05. The Bertz CT molecular complexity index is 652. The Balaban J connectivity index is 1.32. The van der Waals surface area contributed by atoms with E-state index in [1.165, 1.54) is 0 Å². The van der Waals surface area contributed by atoms with Gasteiger partial charge >= 0.3 is 0 Å². The van der Waals surface area contributed by atoms with Crippen LogP contribution in [0.1, 0.15) is 24.3 Å². The SMILES string of the molecule is Cc1cc(CN2CC3(C[C@@H](Oc4ccccn4)CCO3)C2)no1. The third-order valence-corrected chi connectivity index (χ3v) is 4.46. The molecule has 2 fully saturated rings. The van der Waals surface area contributed by atoms with Gasteiger partial charge in [-0.25, -0.2) is 4.98 Å². The Hall–Kier alpha value is -1.92. The van der Waals surface area contributed by atoms with Crippen LogP contribution in [0.15, 0.2) is 35.0 Å². The second-order valence-corrected chi connectivity index (χ2v) is 6.51. The van der Waals surface area contributed by atoms with Gasteiger partial charge in [-0.3, -0.25) is 4.90 Å². The molecule has 6 nitrogen and oxygen atoms in total. The molecule has 0 unspecified atom stereocenters. The van der Waals surface area contributed by atoms with Gasteiger partial charge in [0.1, 0.15) is 11.9 Å². The number of aryl methyl sites for hydroxylation is 1. The molecule has 1 spiro atoms. The minimum atomic E-state index is -0.0729. The number of hydrogen-bond donors (Lipinski definition) is 0. The summed E-state index contributed by atoms with van der Waals surface area (Å²) in [6, 6.07) is 7.73. The highest BCUT2D eigenvalue weighted by Crippen LogP contribution is 2.36. The van der Waals surface area contributed by atoms with Gasteiger partial charge in [0.2, 0.25) is 5.88 Å². The third kappa shape index (κ3) is 3.23. The number of nitrogens with zero attached hydrogens (tertiary/aromatic N) is 3. The fourth-order valence-corrected chi connectivity index (χ4v) is 3.49. The van der Waals surface area contributed by atoms with Crippen LogP contribution >= 0.6 is 0 Å². The summed E-state index contributed by atoms with van der Waals surface area (Å²) in [4.78, 5) is 6.58. The first-order chi connectivity index (χ1) is 11.2. The van der Waals surface area contributed by atoms with Crippen LogP contribution in [0.3, 0.4) is 0 Å². The lowest BCUT2D eigenvalue weighted by Gasteiger charge is -2.52. The molecular formula is C17H21N3O3. The molecule has 2 aliphatic heterocycles. The zero-order valence-corrected chi connectivity index (χ0v) is 13.3. The second-order valence-electron chi connectivity index (χ2n) is 6.51. The topological polar surface area (TPSA) is 60.6 Å². The predicted molar refractivity (Wildman–Crippen MR) is 83.1 cm³/mol. The van der Waals surface area contributed by atoms with Crippen LogP contribution in [0.25, 0.3) is 0 Å². The number of ether oxygens (including phenoxy) is 2. The molecule has 2 aliphatic rings. The van der Waals surface area contributed by atoms with Gasteiger partial charge in [-0.2, -0.15) is 0 Å². The van der Waals surface area contributed by atoms with Crippen molar-refractivity contribution in [3.8, 4) is 5.88 Å². The molecular weight excluding hydrogens is 294 g/mol. The van der Waals surface area contributed by atoms with Gasteiger partial charge in [0, 0.05) is 50.8 Å². The van der Waals surface area contributed by atoms with E-state index in [2.05, 4.69) is 15.0 Å². The molecule has 4 heterocycles. The van der Waals surface area contributed by atoms with E-state index in [0.717, 1.165) is 50.5 Å². The summed E-state index contributed by atoms with van der Waals surface area (Å²) in [7, 11) is 0. The van der Waals surface area contributed by atoms with E-state index in [0.29, 0.717) is 5.88 Å². The van der Waals surface area contributed by atoms with Crippen molar-refractivity contribution in [2.75, 3.05) is 19.7 Å². The molecule has 122 valence electrons. The Morgan fingerprint density at radius 2 is 2.30 bits per heavy atom. The van der Waals surface area contributed by atoms with Gasteiger partial charge in [-0.05, 0) is 13.0 Å². The van der Waals surface area contributed by atoms with Crippen LogP contribution in [0.5, 0.6) is 5.88 Å². The summed E-state index contributed by atoms with van der Waals surface area (Å²) in [6.45, 7) is 5.31. The Morgan fingerprint density at radius 1 is 1.39 bits per heavy atom. The van der Waals surface area contributed by atoms with E-state index >= 15 is 0 Å². The maximum absolute atomic E-state index is 6.06. The molecule has 4 rings (SSSR count). The molecule has 2 aromatic rings. The molecule has 1 atom stereocenters. The summed E-state index contributed by atoms with van der Waals surface area (Å²) in [5.41, 5.74) is 0.908. The summed E-state index contributed by atoms with van der Waals surface area (Å²) in [5.74, 6) is 1.55. The molecule has 0 saturated carbocycles. The van der Waals surface area contributed by atoms with E-state index in [1.807, 2.05) is 31.2 Å². The van der Waals surface area contributed by atoms with Gasteiger partial charge < -0.3 is 14.0 Å². The zero-order chi connectivity index (χ0) is 15.7. The molecule has 2 aromatic heterocycles. The van der Waals surface area contributed by atoms with Gasteiger partial charge in [0.25, 0.3) is 0 Å². The van der Waals surface area contributed by atoms with Crippen molar-refractivity contribution < 1.29 is 14.0 Å². The van der Waals surface area contributed by atoms with Gasteiger partial charge in [-0.1, -0.05) is 11.2 Å². The molecule has 0 amide bonds. The van der Waals surface area contributed by atoms with Gasteiger partial charge in [-0.15, -0.1) is 0 Å². The lowest BCUT2D eigenvalue weighted by molar-refractivity contribution is -0.188. The van der Waals surface area contributed by atoms with E-state index in [4.69, 9.17) is 14.0 Å². The number of likely N-dealkylation sites (tertiary alicyclic amines) is 1. The first-order valence-corrected chi connectivity index (χ1v) is 8.07. The van der Waals surface area contributed by atoms with Crippen LogP contribution in [0.4, 0.5) is 0 Å². The summed E-state index contributed by atoms with van der Waals surface area (Å²) in [6.07, 6.45) is 3.77. The van der Waals surface area contributed by atoms with Crippen molar-refractivity contribution in [3.05, 3.63) is 41.9 Å². The third-order valence-electron chi connectivity index (χ3n) is 4.46. The highest BCUT2D eigenvalue weighted by atomic mass is 16.5. The predicted octanol–water partition coefficient (Wildman–Crippen LogP) is 2.19. The van der Waals surface area contributed by atoms with Crippen molar-refractivity contribution in [2.45, 2.75) is 38.0 Å². The number of hydrogen-bond acceptors (Lipinski definition) is 6. The molecule has 2 saturated heterocycles. The van der Waals surface area contributed by atoms with Crippen LogP contribution in [-0.4, -0.2) is 46.4 Å². The monoisotopic (exact) mass is 315 g/mol. The Kier molecular flexibility index (Phi) is 3.79. The standard InChI is InChI=1S/C17H21N3O3/c1-13-8-14(19-23-13)10-20-11-17(12-20)9-15(5-7-21-17)22-16-4-2-3-6-18-16/h2-4,6,8,15H,5,7,9-12H2,1H3/t15-/m0/s1. The number of aromatic nitrogens is 2. The van der Waals surface area contributed by atoms with Crippen LogP contribution < -0.4 is 4.74 Å². The van der Waals surface area contributed by atoms with Crippen molar-refractivity contribution in [1.29, 1.82) is 0 Å². The maximum atomic E-state index is 6.06. The first-order valence-electron chi connectivity index (χ1n) is 8.07. The van der Waals surface area contributed by atoms with Crippen LogP contribution in [0, 0.1) is 6.92 Å². The van der Waals surface area contributed by atoms with Gasteiger partial charge in [0.15, 0.2) is 0 Å². The second kappa shape index (κ2) is 5.94. The molecule has 0 N–H and O–H groups in total. The van der Waals surface area contributed by atoms with Gasteiger partial charge in [0.05, 0.1) is 17.9 Å². The van der Waals surface area contributed by atoms with Crippen molar-refractivity contribution in [3.63, 3.8) is 0 Å². The zero-order valence-electron chi connectivity index (χ0n) is 13.3. The minimum absolute atomic E-state index is 0.0729. The molecule has 0 bridgehead atoms. The quantitative estimate of drug-likeness (QED) is 0.862. The number of rotatable bonds is 4.